The molecule has 0 aliphatic carbocycles. The molecule has 14 heteroatoms. The summed E-state index contributed by atoms with van der Waals surface area (Å²) in [7, 11) is -5.64. The van der Waals surface area contributed by atoms with Crippen LogP contribution in [0.5, 0.6) is 5.75 Å². The minimum Gasteiger partial charge on any atom is -0.462 e. The van der Waals surface area contributed by atoms with Gasteiger partial charge in [-0.15, -0.1) is 0 Å². The molecule has 0 aromatic heterocycles. The van der Waals surface area contributed by atoms with Gasteiger partial charge in [0.15, 0.2) is 0 Å². The molecule has 35 heavy (non-hydrogen) atoms. The Labute approximate surface area is 198 Å². The minimum atomic E-state index is -5.64. The van der Waals surface area contributed by atoms with Crippen LogP contribution in [-0.4, -0.2) is 72.4 Å². The van der Waals surface area contributed by atoms with E-state index in [4.69, 9.17) is 9.47 Å². The molecular formula is C21H23F3N2O8S. The molecule has 1 aliphatic heterocycles. The third kappa shape index (κ3) is 6.02. The Hall–Kier alpha value is -2.91. The van der Waals surface area contributed by atoms with Crippen LogP contribution in [0, 0.1) is 0 Å². The topological polar surface area (TPSA) is 154 Å². The molecule has 3 unspecified atom stereocenters. The second-order valence-electron chi connectivity index (χ2n) is 7.68. The molecule has 1 saturated heterocycles. The first kappa shape index (κ1) is 26.7. The van der Waals surface area contributed by atoms with E-state index in [0.29, 0.717) is 5.56 Å². The van der Waals surface area contributed by atoms with Crippen LogP contribution in [0.15, 0.2) is 48.5 Å². The maximum Gasteiger partial charge on any atom is 0.516 e. The van der Waals surface area contributed by atoms with Gasteiger partial charge in [-0.3, -0.25) is 9.52 Å². The smallest absolute Gasteiger partial charge is 0.462 e. The summed E-state index contributed by atoms with van der Waals surface area (Å²) in [4.78, 5) is 11.6. The summed E-state index contributed by atoms with van der Waals surface area (Å²) in [5.41, 5.74) is -5.27. The maximum absolute atomic E-state index is 12.7. The Balaban J connectivity index is 1.94. The number of para-hydroxylation sites is 1. The van der Waals surface area contributed by atoms with Gasteiger partial charge < -0.3 is 30.1 Å². The monoisotopic (exact) mass is 520 g/mol. The number of nitrogens with one attached hydrogen (secondary N) is 2. The van der Waals surface area contributed by atoms with E-state index in [9.17, 15) is 41.7 Å². The predicted molar refractivity (Wildman–Crippen MR) is 116 cm³/mol. The molecule has 10 nitrogen and oxygen atoms in total. The van der Waals surface area contributed by atoms with E-state index < -0.39 is 58.7 Å². The lowest BCUT2D eigenvalue weighted by Crippen LogP contribution is -2.65. The van der Waals surface area contributed by atoms with Crippen molar-refractivity contribution in [3.8, 4) is 16.9 Å². The fraction of sp³-hybridized carbons (Fsp3) is 0.381. The van der Waals surface area contributed by atoms with Gasteiger partial charge in [0.25, 0.3) is 0 Å². The van der Waals surface area contributed by atoms with Gasteiger partial charge in [0, 0.05) is 18.2 Å². The predicted octanol–water partition coefficient (Wildman–Crippen LogP) is 0.938. The van der Waals surface area contributed by atoms with Crippen molar-refractivity contribution in [3.63, 3.8) is 0 Å². The summed E-state index contributed by atoms with van der Waals surface area (Å²) in [6, 6.07) is 10.1. The summed E-state index contributed by atoms with van der Waals surface area (Å²) in [6.07, 6.45) is -5.68. The second kappa shape index (κ2) is 10.4. The largest absolute Gasteiger partial charge is 0.516 e. The first-order valence-electron chi connectivity index (χ1n) is 10.2. The number of alkyl halides is 3. The van der Waals surface area contributed by atoms with Gasteiger partial charge in [0.1, 0.15) is 30.1 Å². The number of rotatable bonds is 7. The number of anilines is 1. The Kier molecular flexibility index (Phi) is 7.91. The Morgan fingerprint density at radius 1 is 1.11 bits per heavy atom. The quantitative estimate of drug-likeness (QED) is 0.361. The van der Waals surface area contributed by atoms with E-state index in [2.05, 4.69) is 5.32 Å². The number of hydrogen-bond acceptors (Lipinski definition) is 8. The zero-order valence-corrected chi connectivity index (χ0v) is 19.0. The van der Waals surface area contributed by atoms with Crippen LogP contribution in [0.25, 0.3) is 11.1 Å². The molecule has 1 amide bonds. The van der Waals surface area contributed by atoms with Crippen molar-refractivity contribution in [1.82, 2.24) is 5.32 Å². The van der Waals surface area contributed by atoms with E-state index in [1.807, 2.05) is 0 Å². The Morgan fingerprint density at radius 2 is 1.80 bits per heavy atom. The highest BCUT2D eigenvalue weighted by Gasteiger charge is 2.47. The van der Waals surface area contributed by atoms with E-state index in [-0.39, 0.29) is 17.0 Å². The van der Waals surface area contributed by atoms with E-state index in [1.54, 1.807) is 12.1 Å². The summed E-state index contributed by atoms with van der Waals surface area (Å²) in [5.74, 6) is -0.456. The third-order valence-corrected chi connectivity index (χ3v) is 6.23. The van der Waals surface area contributed by atoms with Crippen LogP contribution < -0.4 is 14.8 Å². The zero-order chi connectivity index (χ0) is 26.0. The molecule has 1 heterocycles. The van der Waals surface area contributed by atoms with Crippen LogP contribution in [0.3, 0.4) is 0 Å². The molecule has 5 N–H and O–H groups in total. The Morgan fingerprint density at radius 3 is 2.43 bits per heavy atom. The number of ether oxygens (including phenoxy) is 2. The van der Waals surface area contributed by atoms with Crippen molar-refractivity contribution < 1.29 is 51.2 Å². The highest BCUT2D eigenvalue weighted by molar-refractivity contribution is 7.93. The second-order valence-corrected chi connectivity index (χ2v) is 9.35. The fourth-order valence-corrected chi connectivity index (χ4v) is 4.02. The Bertz CT molecular complexity index is 1160. The van der Waals surface area contributed by atoms with Gasteiger partial charge in [-0.05, 0) is 23.8 Å². The van der Waals surface area contributed by atoms with E-state index in [0.717, 1.165) is 12.1 Å². The van der Waals surface area contributed by atoms with Crippen molar-refractivity contribution >= 4 is 21.6 Å². The number of amides is 1. The van der Waals surface area contributed by atoms with Gasteiger partial charge in [-0.25, -0.2) is 0 Å². The number of halogens is 3. The highest BCUT2D eigenvalue weighted by Crippen LogP contribution is 2.35. The molecule has 1 fully saturated rings. The van der Waals surface area contributed by atoms with Crippen LogP contribution in [0.2, 0.25) is 0 Å². The van der Waals surface area contributed by atoms with Gasteiger partial charge in [-0.2, -0.15) is 21.6 Å². The first-order chi connectivity index (χ1) is 16.3. The molecule has 0 spiro atoms. The molecule has 2 aromatic rings. The van der Waals surface area contributed by atoms with Crippen molar-refractivity contribution in [2.24, 2.45) is 0 Å². The number of sulfonamides is 1. The standard InChI is InChI=1S/C21H23F3N2O8S/c1-11(28)25-17-19(30)18(29)16(10-27)34-20(17)33-15-8-3-2-7-14(15)12-5-4-6-13(9-12)26-35(31,32)21(22,23)24/h2-9,16-20,26-27,29-30H,10H2,1H3,(H,25,28)/t16?,17?,18-,19?,20+/m0/s1. The molecular weight excluding hydrogens is 497 g/mol. The lowest BCUT2D eigenvalue weighted by atomic mass is 9.96. The highest BCUT2D eigenvalue weighted by atomic mass is 32.2. The number of aliphatic hydroxyl groups is 3. The molecule has 0 radical (unpaired) electrons. The lowest BCUT2D eigenvalue weighted by molar-refractivity contribution is -0.244. The normalized spacial score (nSPS) is 25.1. The van der Waals surface area contributed by atoms with Crippen molar-refractivity contribution in [2.75, 3.05) is 11.3 Å². The average molecular weight is 520 g/mol. The van der Waals surface area contributed by atoms with Gasteiger partial charge in [-0.1, -0.05) is 30.3 Å². The molecule has 2 aromatic carbocycles. The fourth-order valence-electron chi connectivity index (χ4n) is 3.47. The summed E-state index contributed by atoms with van der Waals surface area (Å²) in [5, 5.41) is 32.5. The average Bonchev–Trinajstić information content (AvgIpc) is 2.78. The van der Waals surface area contributed by atoms with Crippen LogP contribution >= 0.6 is 0 Å². The molecule has 0 saturated carbocycles. The number of hydrogen-bond donors (Lipinski definition) is 5. The molecule has 192 valence electrons. The van der Waals surface area contributed by atoms with Crippen LogP contribution in [0.1, 0.15) is 6.92 Å². The third-order valence-electron chi connectivity index (χ3n) is 5.11. The molecule has 5 atom stereocenters. The van der Waals surface area contributed by atoms with Gasteiger partial charge >= 0.3 is 15.5 Å². The summed E-state index contributed by atoms with van der Waals surface area (Å²) in [6.45, 7) is 0.518. The maximum atomic E-state index is 12.7. The molecule has 3 rings (SSSR count). The van der Waals surface area contributed by atoms with Crippen molar-refractivity contribution in [1.29, 1.82) is 0 Å². The minimum absolute atomic E-state index is 0.101. The first-order valence-corrected chi connectivity index (χ1v) is 11.7. The lowest BCUT2D eigenvalue weighted by Gasteiger charge is -2.42. The number of carbonyl (C=O) groups excluding carboxylic acids is 1. The van der Waals surface area contributed by atoms with Crippen LogP contribution in [0.4, 0.5) is 18.9 Å². The van der Waals surface area contributed by atoms with Gasteiger partial charge in [0.2, 0.25) is 12.2 Å². The summed E-state index contributed by atoms with van der Waals surface area (Å²) < 4.78 is 74.0. The van der Waals surface area contributed by atoms with Gasteiger partial charge in [0.05, 0.1) is 6.61 Å². The van der Waals surface area contributed by atoms with E-state index >= 15 is 0 Å². The van der Waals surface area contributed by atoms with Crippen molar-refractivity contribution in [2.45, 2.75) is 43.1 Å². The number of carbonyl (C=O) groups is 1. The number of benzene rings is 2. The molecule has 0 bridgehead atoms. The van der Waals surface area contributed by atoms with E-state index in [1.165, 1.54) is 35.9 Å². The SMILES string of the molecule is CC(=O)NC1C(O)[C@@H](O)C(CO)O[C@H]1Oc1ccccc1-c1cccc(NS(=O)(=O)C(F)(F)F)c1. The van der Waals surface area contributed by atoms with Crippen molar-refractivity contribution in [3.05, 3.63) is 48.5 Å². The van der Waals surface area contributed by atoms with Crippen LogP contribution in [-0.2, 0) is 19.6 Å². The summed E-state index contributed by atoms with van der Waals surface area (Å²) >= 11 is 0. The number of aliphatic hydroxyl groups excluding tert-OH is 3. The molecule has 1 aliphatic rings. The zero-order valence-electron chi connectivity index (χ0n) is 18.1.